The van der Waals surface area contributed by atoms with E-state index in [4.69, 9.17) is 0 Å². The highest BCUT2D eigenvalue weighted by molar-refractivity contribution is 6.08. The average Bonchev–Trinajstić information content (AvgIpc) is 3.51. The molecule has 146 valence electrons. The summed E-state index contributed by atoms with van der Waals surface area (Å²) in [5.41, 5.74) is 1.75. The third-order valence-corrected chi connectivity index (χ3v) is 7.99. The maximum absolute atomic E-state index is 13.0. The first kappa shape index (κ1) is 16.6. The van der Waals surface area contributed by atoms with E-state index in [0.717, 1.165) is 42.1 Å². The van der Waals surface area contributed by atoms with Gasteiger partial charge in [-0.2, -0.15) is 18.2 Å². The molecule has 1 aromatic carbocycles. The standard InChI is InChI=1S/C20H17F3N2O3/c21-20(22,23)9-3-1-8(2-4-9)16(26)24-25-17(27)13-10-5-6-11(14(13)18(25)28)19-7-12(19)15(10)19/h1-4,10-15H,5-7H2,(H,24,26)/t10?,11?,12-,13+,14-,15?,19-/m1/s1. The van der Waals surface area contributed by atoms with Gasteiger partial charge in [-0.1, -0.05) is 0 Å². The van der Waals surface area contributed by atoms with Crippen LogP contribution in [-0.2, 0) is 15.8 Å². The maximum atomic E-state index is 13.0. The SMILES string of the molecule is O=C(NN1C(=O)[C@@H]2C3CCC(C4[C@H]5C[C@]345)[C@@H]2C1=O)c1ccc(C(F)(F)F)cc1. The van der Waals surface area contributed by atoms with Crippen molar-refractivity contribution < 1.29 is 27.6 Å². The molecule has 8 heteroatoms. The van der Waals surface area contributed by atoms with Gasteiger partial charge in [0, 0.05) is 5.56 Å². The number of hydrogen-bond acceptors (Lipinski definition) is 3. The van der Waals surface area contributed by atoms with Gasteiger partial charge < -0.3 is 0 Å². The predicted molar refractivity (Wildman–Crippen MR) is 88.0 cm³/mol. The van der Waals surface area contributed by atoms with E-state index in [1.54, 1.807) is 0 Å². The summed E-state index contributed by atoms with van der Waals surface area (Å²) in [7, 11) is 0. The number of hydrazine groups is 1. The van der Waals surface area contributed by atoms with Gasteiger partial charge in [0.25, 0.3) is 17.7 Å². The zero-order chi connectivity index (χ0) is 19.6. The van der Waals surface area contributed by atoms with E-state index in [1.807, 2.05) is 0 Å². The van der Waals surface area contributed by atoms with Crippen molar-refractivity contribution in [3.05, 3.63) is 35.4 Å². The van der Waals surface area contributed by atoms with E-state index >= 15 is 0 Å². The second-order valence-corrected chi connectivity index (χ2v) is 8.88. The molecular formula is C20H17F3N2O3. The van der Waals surface area contributed by atoms with Gasteiger partial charge in [0.15, 0.2) is 0 Å². The first-order valence-electron chi connectivity index (χ1n) is 9.61. The smallest absolute Gasteiger partial charge is 0.272 e. The van der Waals surface area contributed by atoms with Crippen LogP contribution in [0.4, 0.5) is 13.2 Å². The summed E-state index contributed by atoms with van der Waals surface area (Å²) >= 11 is 0. The van der Waals surface area contributed by atoms with Crippen LogP contribution in [0, 0.1) is 40.9 Å². The van der Waals surface area contributed by atoms with E-state index < -0.39 is 17.6 Å². The Hall–Kier alpha value is -2.38. The van der Waals surface area contributed by atoms with E-state index in [-0.39, 0.29) is 41.0 Å². The molecule has 1 aliphatic heterocycles. The number of imide groups is 1. The summed E-state index contributed by atoms with van der Waals surface area (Å²) in [6.07, 6.45) is -1.39. The molecule has 0 aromatic heterocycles. The van der Waals surface area contributed by atoms with Gasteiger partial charge in [-0.25, -0.2) is 0 Å². The lowest BCUT2D eigenvalue weighted by molar-refractivity contribution is -0.143. The summed E-state index contributed by atoms with van der Waals surface area (Å²) in [6.45, 7) is 0. The fourth-order valence-corrected chi connectivity index (χ4v) is 6.78. The molecule has 5 nitrogen and oxygen atoms in total. The number of nitrogens with one attached hydrogen (secondary N) is 1. The zero-order valence-electron chi connectivity index (χ0n) is 14.7. The molecule has 7 atom stereocenters. The molecular weight excluding hydrogens is 373 g/mol. The normalized spacial score (nSPS) is 42.0. The highest BCUT2D eigenvalue weighted by Gasteiger charge is 2.89. The lowest BCUT2D eigenvalue weighted by Crippen LogP contribution is -2.47. The minimum absolute atomic E-state index is 0.0323. The molecule has 5 aliphatic carbocycles. The van der Waals surface area contributed by atoms with E-state index in [1.165, 1.54) is 6.42 Å². The van der Waals surface area contributed by atoms with Crippen LogP contribution < -0.4 is 5.43 Å². The van der Waals surface area contributed by atoms with Gasteiger partial charge in [-0.3, -0.25) is 19.8 Å². The lowest BCUT2D eigenvalue weighted by atomic mass is 9.55. The third kappa shape index (κ3) is 1.81. The fraction of sp³-hybridized carbons (Fsp3) is 0.550. The van der Waals surface area contributed by atoms with Crippen LogP contribution in [0.2, 0.25) is 0 Å². The number of benzene rings is 1. The van der Waals surface area contributed by atoms with Crippen LogP contribution in [0.5, 0.6) is 0 Å². The van der Waals surface area contributed by atoms with Crippen LogP contribution in [-0.4, -0.2) is 22.7 Å². The van der Waals surface area contributed by atoms with Gasteiger partial charge in [0.2, 0.25) is 0 Å². The molecule has 28 heavy (non-hydrogen) atoms. The molecule has 2 bridgehead atoms. The second kappa shape index (κ2) is 4.78. The number of nitrogens with zero attached hydrogens (tertiary/aromatic N) is 1. The molecule has 7 rings (SSSR count). The van der Waals surface area contributed by atoms with Gasteiger partial charge in [0.1, 0.15) is 0 Å². The topological polar surface area (TPSA) is 66.5 Å². The van der Waals surface area contributed by atoms with Crippen LogP contribution in [0.3, 0.4) is 0 Å². The highest BCUT2D eigenvalue weighted by atomic mass is 19.4. The molecule has 1 spiro atoms. The number of alkyl halides is 3. The molecule has 3 amide bonds. The van der Waals surface area contributed by atoms with Crippen LogP contribution in [0.15, 0.2) is 24.3 Å². The molecule has 3 unspecified atom stereocenters. The maximum Gasteiger partial charge on any atom is 0.416 e. The first-order valence-corrected chi connectivity index (χ1v) is 9.61. The van der Waals surface area contributed by atoms with Crippen molar-refractivity contribution in [2.45, 2.75) is 25.4 Å². The molecule has 1 aromatic rings. The first-order chi connectivity index (χ1) is 13.2. The minimum atomic E-state index is -4.49. The molecule has 1 saturated heterocycles. The van der Waals surface area contributed by atoms with Crippen molar-refractivity contribution in [2.24, 2.45) is 40.9 Å². The fourth-order valence-electron chi connectivity index (χ4n) is 6.78. The highest BCUT2D eigenvalue weighted by Crippen LogP contribution is 2.92. The molecule has 6 aliphatic rings. The van der Waals surface area contributed by atoms with Gasteiger partial charge in [0.05, 0.1) is 17.4 Å². The number of amides is 3. The molecule has 1 N–H and O–H groups in total. The largest absolute Gasteiger partial charge is 0.416 e. The van der Waals surface area contributed by atoms with Gasteiger partial charge in [-0.05, 0) is 72.6 Å². The number of carbonyl (C=O) groups is 3. The molecule has 6 fully saturated rings. The Morgan fingerprint density at radius 3 is 2.36 bits per heavy atom. The summed E-state index contributed by atoms with van der Waals surface area (Å²) in [5, 5.41) is 0.833. The van der Waals surface area contributed by atoms with Crippen molar-refractivity contribution in [3.8, 4) is 0 Å². The van der Waals surface area contributed by atoms with Gasteiger partial charge >= 0.3 is 6.18 Å². The van der Waals surface area contributed by atoms with Gasteiger partial charge in [-0.15, -0.1) is 0 Å². The zero-order valence-corrected chi connectivity index (χ0v) is 14.7. The minimum Gasteiger partial charge on any atom is -0.272 e. The number of halogens is 3. The van der Waals surface area contributed by atoms with E-state index in [0.29, 0.717) is 17.3 Å². The van der Waals surface area contributed by atoms with Crippen molar-refractivity contribution in [1.82, 2.24) is 10.4 Å². The van der Waals surface area contributed by atoms with Crippen molar-refractivity contribution in [2.75, 3.05) is 0 Å². The number of fused-ring (bicyclic) bond motifs is 1. The predicted octanol–water partition coefficient (Wildman–Crippen LogP) is 2.63. The molecule has 0 radical (unpaired) electrons. The summed E-state index contributed by atoms with van der Waals surface area (Å²) in [6, 6.07) is 3.71. The average molecular weight is 390 g/mol. The van der Waals surface area contributed by atoms with Crippen LogP contribution in [0.25, 0.3) is 0 Å². The Kier molecular flexibility index (Phi) is 2.83. The Labute approximate surface area is 158 Å². The van der Waals surface area contributed by atoms with Crippen molar-refractivity contribution in [3.63, 3.8) is 0 Å². The summed E-state index contributed by atoms with van der Waals surface area (Å²) < 4.78 is 38.0. The number of carbonyl (C=O) groups excluding carboxylic acids is 3. The monoisotopic (exact) mass is 390 g/mol. The Balaban J connectivity index is 1.23. The summed E-state index contributed by atoms with van der Waals surface area (Å²) in [4.78, 5) is 38.3. The molecule has 5 saturated carbocycles. The van der Waals surface area contributed by atoms with Crippen LogP contribution in [0.1, 0.15) is 35.2 Å². The Morgan fingerprint density at radius 2 is 1.71 bits per heavy atom. The van der Waals surface area contributed by atoms with E-state index in [9.17, 15) is 27.6 Å². The third-order valence-electron chi connectivity index (χ3n) is 7.99. The van der Waals surface area contributed by atoms with Crippen LogP contribution >= 0.6 is 0 Å². The second-order valence-electron chi connectivity index (χ2n) is 8.88. The number of hydrogen-bond donors (Lipinski definition) is 1. The number of rotatable bonds is 2. The lowest BCUT2D eigenvalue weighted by Gasteiger charge is -2.46. The van der Waals surface area contributed by atoms with Crippen molar-refractivity contribution >= 4 is 17.7 Å². The van der Waals surface area contributed by atoms with Crippen molar-refractivity contribution in [1.29, 1.82) is 0 Å². The molecule has 1 heterocycles. The quantitative estimate of drug-likeness (QED) is 0.790. The Bertz CT molecular complexity index is 943. The summed E-state index contributed by atoms with van der Waals surface area (Å²) in [5.74, 6) is -0.401. The van der Waals surface area contributed by atoms with E-state index in [2.05, 4.69) is 5.43 Å². The Morgan fingerprint density at radius 1 is 1.04 bits per heavy atom.